The fraction of sp³-hybridized carbons (Fsp3) is 0.333. The molecule has 1 aromatic rings. The molecular formula is C12H14ClN. The van der Waals surface area contributed by atoms with Gasteiger partial charge in [-0.25, -0.2) is 0 Å². The van der Waals surface area contributed by atoms with E-state index in [4.69, 9.17) is 6.42 Å². The van der Waals surface area contributed by atoms with Crippen molar-refractivity contribution in [3.8, 4) is 12.3 Å². The fourth-order valence-corrected chi connectivity index (χ4v) is 1.27. The molecule has 1 nitrogen and oxygen atoms in total. The molecule has 0 spiro atoms. The topological polar surface area (TPSA) is 12.0 Å². The van der Waals surface area contributed by atoms with Crippen LogP contribution in [0, 0.1) is 12.3 Å². The van der Waals surface area contributed by atoms with Crippen LogP contribution in [0.5, 0.6) is 0 Å². The van der Waals surface area contributed by atoms with Crippen molar-refractivity contribution < 1.29 is 0 Å². The second-order valence-electron chi connectivity index (χ2n) is 3.50. The first-order chi connectivity index (χ1) is 6.38. The molecule has 0 radical (unpaired) electrons. The average Bonchev–Trinajstić information content (AvgIpc) is 2.99. The number of nitrogens with one attached hydrogen (secondary N) is 1. The van der Waals surface area contributed by atoms with Gasteiger partial charge >= 0.3 is 0 Å². The van der Waals surface area contributed by atoms with Crippen LogP contribution >= 0.6 is 12.4 Å². The molecule has 0 amide bonds. The number of halogens is 1. The highest BCUT2D eigenvalue weighted by atomic mass is 35.5. The van der Waals surface area contributed by atoms with Crippen molar-refractivity contribution in [2.75, 3.05) is 0 Å². The molecule has 0 aliphatic heterocycles. The number of terminal acetylenes is 1. The van der Waals surface area contributed by atoms with Gasteiger partial charge in [0.2, 0.25) is 0 Å². The molecule has 1 aromatic carbocycles. The maximum Gasteiger partial charge on any atom is 0.0242 e. The Labute approximate surface area is 91.3 Å². The Morgan fingerprint density at radius 2 is 1.93 bits per heavy atom. The van der Waals surface area contributed by atoms with E-state index < -0.39 is 0 Å². The van der Waals surface area contributed by atoms with Gasteiger partial charge in [-0.05, 0) is 30.5 Å². The van der Waals surface area contributed by atoms with Crippen LogP contribution in [0.15, 0.2) is 24.3 Å². The molecule has 74 valence electrons. The number of hydrogen-bond acceptors (Lipinski definition) is 1. The van der Waals surface area contributed by atoms with Gasteiger partial charge in [0.15, 0.2) is 0 Å². The molecule has 2 rings (SSSR count). The minimum atomic E-state index is 0. The third-order valence-corrected chi connectivity index (χ3v) is 2.29. The van der Waals surface area contributed by atoms with Crippen LogP contribution in [0.2, 0.25) is 0 Å². The molecule has 1 aliphatic carbocycles. The summed E-state index contributed by atoms with van der Waals surface area (Å²) < 4.78 is 0. The van der Waals surface area contributed by atoms with E-state index in [1.54, 1.807) is 0 Å². The SMILES string of the molecule is C#Cc1ccc(CNC2CC2)cc1.Cl. The molecule has 1 N–H and O–H groups in total. The van der Waals surface area contributed by atoms with Gasteiger partial charge in [0.1, 0.15) is 0 Å². The van der Waals surface area contributed by atoms with Gasteiger partial charge in [0, 0.05) is 18.2 Å². The first-order valence-corrected chi connectivity index (χ1v) is 4.67. The monoisotopic (exact) mass is 207 g/mol. The molecule has 0 atom stereocenters. The van der Waals surface area contributed by atoms with Crippen molar-refractivity contribution in [3.05, 3.63) is 35.4 Å². The molecule has 0 aromatic heterocycles. The van der Waals surface area contributed by atoms with E-state index in [1.807, 2.05) is 12.1 Å². The number of hydrogen-bond donors (Lipinski definition) is 1. The molecule has 14 heavy (non-hydrogen) atoms. The largest absolute Gasteiger partial charge is 0.310 e. The van der Waals surface area contributed by atoms with Gasteiger partial charge in [-0.15, -0.1) is 18.8 Å². The maximum absolute atomic E-state index is 5.27. The molecule has 0 heterocycles. The first kappa shape index (κ1) is 11.1. The predicted octanol–water partition coefficient (Wildman–Crippen LogP) is 2.34. The molecule has 2 heteroatoms. The summed E-state index contributed by atoms with van der Waals surface area (Å²) in [6.07, 6.45) is 7.94. The lowest BCUT2D eigenvalue weighted by Crippen LogP contribution is -2.15. The molecule has 1 fully saturated rings. The predicted molar refractivity (Wildman–Crippen MR) is 61.5 cm³/mol. The van der Waals surface area contributed by atoms with Crippen LogP contribution < -0.4 is 5.32 Å². The molecule has 0 saturated heterocycles. The van der Waals surface area contributed by atoms with Crippen LogP contribution in [0.4, 0.5) is 0 Å². The Bertz CT molecular complexity index is 319. The van der Waals surface area contributed by atoms with Crippen LogP contribution in [0.3, 0.4) is 0 Å². The fourth-order valence-electron chi connectivity index (χ4n) is 1.27. The second-order valence-corrected chi connectivity index (χ2v) is 3.50. The third kappa shape index (κ3) is 3.06. The second kappa shape index (κ2) is 5.05. The Balaban J connectivity index is 0.000000980. The molecule has 0 bridgehead atoms. The van der Waals surface area contributed by atoms with Crippen molar-refractivity contribution in [2.45, 2.75) is 25.4 Å². The summed E-state index contributed by atoms with van der Waals surface area (Å²) in [5.41, 5.74) is 2.26. The highest BCUT2D eigenvalue weighted by Crippen LogP contribution is 2.19. The molecule has 0 unspecified atom stereocenters. The van der Waals surface area contributed by atoms with Crippen LogP contribution in [-0.2, 0) is 6.54 Å². The van der Waals surface area contributed by atoms with Crippen LogP contribution in [0.25, 0.3) is 0 Å². The normalized spacial score (nSPS) is 14.2. The number of rotatable bonds is 3. The van der Waals surface area contributed by atoms with E-state index in [-0.39, 0.29) is 12.4 Å². The van der Waals surface area contributed by atoms with Crippen molar-refractivity contribution in [1.29, 1.82) is 0 Å². The zero-order chi connectivity index (χ0) is 9.10. The average molecular weight is 208 g/mol. The summed E-state index contributed by atoms with van der Waals surface area (Å²) >= 11 is 0. The summed E-state index contributed by atoms with van der Waals surface area (Å²) in [5, 5.41) is 3.46. The molecule has 1 saturated carbocycles. The van der Waals surface area contributed by atoms with Gasteiger partial charge in [0.05, 0.1) is 0 Å². The lowest BCUT2D eigenvalue weighted by molar-refractivity contribution is 0.688. The van der Waals surface area contributed by atoms with E-state index in [0.717, 1.165) is 18.2 Å². The summed E-state index contributed by atoms with van der Waals surface area (Å²) in [7, 11) is 0. The quantitative estimate of drug-likeness (QED) is 0.751. The number of benzene rings is 1. The third-order valence-electron chi connectivity index (χ3n) is 2.29. The van der Waals surface area contributed by atoms with E-state index in [0.29, 0.717) is 0 Å². The lowest BCUT2D eigenvalue weighted by atomic mass is 10.1. The van der Waals surface area contributed by atoms with Gasteiger partial charge < -0.3 is 5.32 Å². The zero-order valence-electron chi connectivity index (χ0n) is 7.99. The Kier molecular flexibility index (Phi) is 4.00. The van der Waals surface area contributed by atoms with Crippen molar-refractivity contribution in [2.24, 2.45) is 0 Å². The minimum Gasteiger partial charge on any atom is -0.310 e. The summed E-state index contributed by atoms with van der Waals surface area (Å²) in [6.45, 7) is 0.968. The van der Waals surface area contributed by atoms with Crippen molar-refractivity contribution in [3.63, 3.8) is 0 Å². The van der Waals surface area contributed by atoms with Gasteiger partial charge in [-0.1, -0.05) is 18.1 Å². The maximum atomic E-state index is 5.27. The van der Waals surface area contributed by atoms with E-state index in [2.05, 4.69) is 23.4 Å². The van der Waals surface area contributed by atoms with E-state index in [9.17, 15) is 0 Å². The summed E-state index contributed by atoms with van der Waals surface area (Å²) in [4.78, 5) is 0. The Morgan fingerprint density at radius 3 is 2.43 bits per heavy atom. The minimum absolute atomic E-state index is 0. The van der Waals surface area contributed by atoms with Crippen molar-refractivity contribution in [1.82, 2.24) is 5.32 Å². The van der Waals surface area contributed by atoms with E-state index in [1.165, 1.54) is 18.4 Å². The Hall–Kier alpha value is -0.970. The summed E-state index contributed by atoms with van der Waals surface area (Å²) in [5.74, 6) is 2.61. The van der Waals surface area contributed by atoms with E-state index >= 15 is 0 Å². The Morgan fingerprint density at radius 1 is 1.29 bits per heavy atom. The van der Waals surface area contributed by atoms with Gasteiger partial charge in [0.25, 0.3) is 0 Å². The lowest BCUT2D eigenvalue weighted by Gasteiger charge is -2.02. The van der Waals surface area contributed by atoms with Crippen molar-refractivity contribution >= 4 is 12.4 Å². The molecular weight excluding hydrogens is 194 g/mol. The van der Waals surface area contributed by atoms with Crippen LogP contribution in [-0.4, -0.2) is 6.04 Å². The van der Waals surface area contributed by atoms with Gasteiger partial charge in [-0.3, -0.25) is 0 Å². The zero-order valence-corrected chi connectivity index (χ0v) is 8.81. The van der Waals surface area contributed by atoms with Crippen LogP contribution in [0.1, 0.15) is 24.0 Å². The highest BCUT2D eigenvalue weighted by molar-refractivity contribution is 5.85. The first-order valence-electron chi connectivity index (χ1n) is 4.67. The standard InChI is InChI=1S/C12H13N.ClH/c1-2-10-3-5-11(6-4-10)9-13-12-7-8-12;/h1,3-6,12-13H,7-9H2;1H. The summed E-state index contributed by atoms with van der Waals surface area (Å²) in [6, 6.07) is 8.93. The smallest absolute Gasteiger partial charge is 0.0242 e. The highest BCUT2D eigenvalue weighted by Gasteiger charge is 2.19. The van der Waals surface area contributed by atoms with Gasteiger partial charge in [-0.2, -0.15) is 0 Å². The molecule has 1 aliphatic rings.